The van der Waals surface area contributed by atoms with Crippen LogP contribution in [0.25, 0.3) is 0 Å². The fraction of sp³-hybridized carbons (Fsp3) is 0.250. The van der Waals surface area contributed by atoms with E-state index in [1.54, 1.807) is 0 Å². The zero-order valence-electron chi connectivity index (χ0n) is 5.14. The van der Waals surface area contributed by atoms with Crippen LogP contribution in [0.15, 0.2) is 10.6 Å². The first-order valence-corrected chi connectivity index (χ1v) is 2.75. The van der Waals surface area contributed by atoms with E-state index < -0.39 is 0 Å². The Kier molecular flexibility index (Phi) is 1.42. The summed E-state index contributed by atoms with van der Waals surface area (Å²) < 4.78 is 4.81. The highest BCUT2D eigenvalue weighted by atomic mass is 16.5. The van der Waals surface area contributed by atoms with E-state index in [4.69, 9.17) is 4.52 Å². The van der Waals surface area contributed by atoms with E-state index in [1.807, 2.05) is 13.9 Å². The van der Waals surface area contributed by atoms with Gasteiger partial charge in [-0.25, -0.2) is 0 Å². The Morgan fingerprint density at radius 1 is 1.75 bits per heavy atom. The molecule has 0 atom stereocenters. The van der Waals surface area contributed by atoms with Crippen molar-refractivity contribution in [3.63, 3.8) is 0 Å². The highest BCUT2D eigenvalue weighted by Crippen LogP contribution is 1.87. The molecular weight excluding hydrogens is 99.7 g/mol. The molecule has 0 amide bonds. The quantitative estimate of drug-likeness (QED) is 0.390. The maximum absolute atomic E-state index is 4.81. The van der Waals surface area contributed by atoms with Crippen molar-refractivity contribution < 1.29 is 4.52 Å². The van der Waals surface area contributed by atoms with Crippen LogP contribution in [-0.2, 0) is 6.32 Å². The molecule has 2 nitrogen and oxygen atoms in total. The molecule has 4 heteroatoms. The predicted molar refractivity (Wildman–Crippen MR) is 36.9 cm³/mol. The normalized spacial score (nSPS) is 9.50. The molecule has 0 radical (unpaired) electrons. The van der Waals surface area contributed by atoms with E-state index in [0.29, 0.717) is 0 Å². The summed E-state index contributed by atoms with van der Waals surface area (Å²) in [5.41, 5.74) is 1.92. The summed E-state index contributed by atoms with van der Waals surface area (Å²) in [4.78, 5) is 0. The van der Waals surface area contributed by atoms with Gasteiger partial charge in [-0.2, -0.15) is 0 Å². The second-order valence-corrected chi connectivity index (χ2v) is 1.78. The number of aromatic nitrogens is 1. The topological polar surface area (TPSA) is 26.0 Å². The Labute approximate surface area is 50.1 Å². The van der Waals surface area contributed by atoms with Gasteiger partial charge in [0, 0.05) is 0 Å². The van der Waals surface area contributed by atoms with E-state index in [2.05, 4.69) is 13.0 Å². The maximum Gasteiger partial charge on any atom is 0.190 e. The molecule has 1 rings (SSSR count). The molecule has 0 unspecified atom stereocenters. The second kappa shape index (κ2) is 2.07. The first kappa shape index (κ1) is 5.48. The molecule has 40 valence electrons. The van der Waals surface area contributed by atoms with Crippen LogP contribution in [0.5, 0.6) is 0 Å². The Bertz CT molecular complexity index is 174. The van der Waals surface area contributed by atoms with E-state index in [-0.39, 0.29) is 0 Å². The standard InChI is InChI=1S/C4H7B2NO/c5-2-3-1-4(6)8-7-3/h1H,2,5-6H2. The molecule has 0 fully saturated rings. The average molecular weight is 107 g/mol. The van der Waals surface area contributed by atoms with Crippen molar-refractivity contribution in [1.82, 2.24) is 5.16 Å². The Morgan fingerprint density at radius 2 is 2.50 bits per heavy atom. The Hall–Kier alpha value is -0.660. The minimum absolute atomic E-state index is 0.891. The lowest BCUT2D eigenvalue weighted by Crippen LogP contribution is -1.93. The molecule has 0 aliphatic carbocycles. The molecule has 1 aromatic rings. The minimum Gasteiger partial charge on any atom is -0.373 e. The van der Waals surface area contributed by atoms with Crippen LogP contribution in [-0.4, -0.2) is 20.8 Å². The molecule has 0 saturated carbocycles. The molecule has 0 N–H and O–H groups in total. The third-order valence-electron chi connectivity index (χ3n) is 1.04. The lowest BCUT2D eigenvalue weighted by Gasteiger charge is -1.74. The molecular formula is C4H7B2NO. The molecule has 0 saturated heterocycles. The second-order valence-electron chi connectivity index (χ2n) is 1.78. The third-order valence-corrected chi connectivity index (χ3v) is 1.04. The molecule has 0 bridgehead atoms. The first-order valence-electron chi connectivity index (χ1n) is 2.75. The molecule has 0 aliphatic heterocycles. The monoisotopic (exact) mass is 107 g/mol. The van der Waals surface area contributed by atoms with Crippen molar-refractivity contribution >= 4 is 21.4 Å². The summed E-state index contributed by atoms with van der Waals surface area (Å²) in [5, 5.41) is 3.76. The van der Waals surface area contributed by atoms with Gasteiger partial charge >= 0.3 is 0 Å². The van der Waals surface area contributed by atoms with Crippen LogP contribution in [0.3, 0.4) is 0 Å². The number of nitrogens with zero attached hydrogens (tertiary/aromatic N) is 1. The van der Waals surface area contributed by atoms with Gasteiger partial charge in [0.05, 0.1) is 11.4 Å². The summed E-state index contributed by atoms with van der Waals surface area (Å²) in [5.74, 6) is 0. The van der Waals surface area contributed by atoms with Crippen molar-refractivity contribution in [2.24, 2.45) is 0 Å². The van der Waals surface area contributed by atoms with Crippen LogP contribution in [0.4, 0.5) is 0 Å². The van der Waals surface area contributed by atoms with Gasteiger partial charge in [0.15, 0.2) is 7.85 Å². The average Bonchev–Trinajstić information content (AvgIpc) is 2.14. The van der Waals surface area contributed by atoms with E-state index in [0.717, 1.165) is 17.7 Å². The van der Waals surface area contributed by atoms with E-state index in [1.165, 1.54) is 0 Å². The fourth-order valence-corrected chi connectivity index (χ4v) is 0.585. The molecule has 0 aliphatic rings. The van der Waals surface area contributed by atoms with Gasteiger partial charge in [0.1, 0.15) is 7.85 Å². The lowest BCUT2D eigenvalue weighted by molar-refractivity contribution is 0.439. The Balaban J connectivity index is 2.84. The molecule has 0 aromatic carbocycles. The lowest BCUT2D eigenvalue weighted by atomic mass is 9.99. The smallest absolute Gasteiger partial charge is 0.190 e. The van der Waals surface area contributed by atoms with Crippen LogP contribution < -0.4 is 5.66 Å². The van der Waals surface area contributed by atoms with Crippen LogP contribution in [0, 0.1) is 0 Å². The van der Waals surface area contributed by atoms with Crippen molar-refractivity contribution in [2.75, 3.05) is 0 Å². The molecule has 0 spiro atoms. The third kappa shape index (κ3) is 0.941. The van der Waals surface area contributed by atoms with Gasteiger partial charge in [-0.15, -0.1) is 0 Å². The summed E-state index contributed by atoms with van der Waals surface area (Å²) >= 11 is 0. The van der Waals surface area contributed by atoms with E-state index >= 15 is 0 Å². The summed E-state index contributed by atoms with van der Waals surface area (Å²) in [6.45, 7) is 0. The minimum atomic E-state index is 0.891. The zero-order valence-corrected chi connectivity index (χ0v) is 5.14. The molecule has 1 heterocycles. The number of hydrogen-bond acceptors (Lipinski definition) is 2. The summed E-state index contributed by atoms with van der Waals surface area (Å²) in [7, 11) is 3.95. The molecule has 8 heavy (non-hydrogen) atoms. The van der Waals surface area contributed by atoms with Crippen LogP contribution in [0.1, 0.15) is 5.69 Å². The SMILES string of the molecule is BCc1cc(B)on1. The first-order chi connectivity index (χ1) is 3.83. The van der Waals surface area contributed by atoms with Crippen molar-refractivity contribution in [1.29, 1.82) is 0 Å². The van der Waals surface area contributed by atoms with Gasteiger partial charge in [-0.3, -0.25) is 0 Å². The number of rotatable bonds is 1. The van der Waals surface area contributed by atoms with Crippen molar-refractivity contribution in [3.8, 4) is 0 Å². The highest BCUT2D eigenvalue weighted by Gasteiger charge is 1.93. The molecule has 1 aromatic heterocycles. The van der Waals surface area contributed by atoms with Crippen molar-refractivity contribution in [3.05, 3.63) is 11.8 Å². The van der Waals surface area contributed by atoms with Gasteiger partial charge in [-0.05, 0) is 12.4 Å². The number of hydrogen-bond donors (Lipinski definition) is 0. The Morgan fingerprint density at radius 3 is 2.75 bits per heavy atom. The van der Waals surface area contributed by atoms with Crippen LogP contribution in [0.2, 0.25) is 0 Å². The van der Waals surface area contributed by atoms with E-state index in [9.17, 15) is 0 Å². The highest BCUT2D eigenvalue weighted by molar-refractivity contribution is 6.29. The maximum atomic E-state index is 4.81. The van der Waals surface area contributed by atoms with Crippen LogP contribution >= 0.6 is 0 Å². The summed E-state index contributed by atoms with van der Waals surface area (Å²) in [6.07, 6.45) is 0.956. The zero-order chi connectivity index (χ0) is 5.98. The van der Waals surface area contributed by atoms with Gasteiger partial charge < -0.3 is 4.52 Å². The summed E-state index contributed by atoms with van der Waals surface area (Å²) in [6, 6.07) is 1.94. The fourth-order valence-electron chi connectivity index (χ4n) is 0.585. The van der Waals surface area contributed by atoms with Gasteiger partial charge in [0.2, 0.25) is 0 Å². The predicted octanol–water partition coefficient (Wildman–Crippen LogP) is -1.93. The van der Waals surface area contributed by atoms with Crippen molar-refractivity contribution in [2.45, 2.75) is 6.32 Å². The van der Waals surface area contributed by atoms with Gasteiger partial charge in [0.25, 0.3) is 0 Å². The largest absolute Gasteiger partial charge is 0.373 e. The van der Waals surface area contributed by atoms with Gasteiger partial charge in [-0.1, -0.05) is 5.16 Å².